The Bertz CT molecular complexity index is 645. The van der Waals surface area contributed by atoms with Crippen LogP contribution >= 0.6 is 0 Å². The van der Waals surface area contributed by atoms with Crippen LogP contribution in [-0.2, 0) is 13.6 Å². The number of ether oxygens (including phenoxy) is 2. The van der Waals surface area contributed by atoms with E-state index in [0.717, 1.165) is 29.3 Å². The van der Waals surface area contributed by atoms with Crippen molar-refractivity contribution < 1.29 is 9.47 Å². The van der Waals surface area contributed by atoms with Crippen LogP contribution in [0.4, 0.5) is 5.69 Å². The molecule has 21 heavy (non-hydrogen) atoms. The van der Waals surface area contributed by atoms with Crippen LogP contribution in [-0.4, -0.2) is 18.8 Å². The molecule has 1 aromatic heterocycles. The second-order valence-corrected chi connectivity index (χ2v) is 5.33. The molecule has 2 aromatic rings. The van der Waals surface area contributed by atoms with Gasteiger partial charge in [0.1, 0.15) is 0 Å². The van der Waals surface area contributed by atoms with E-state index in [-0.39, 0.29) is 0 Å². The number of nitrogens with zero attached hydrogens (tertiary/aromatic N) is 1. The molecule has 0 radical (unpaired) electrons. The highest BCUT2D eigenvalue weighted by atomic mass is 16.5. The Kier molecular flexibility index (Phi) is 4.46. The van der Waals surface area contributed by atoms with Crippen molar-refractivity contribution in [2.75, 3.05) is 19.5 Å². The smallest absolute Gasteiger partial charge is 0.162 e. The molecular weight excluding hydrogens is 264 g/mol. The third kappa shape index (κ3) is 2.99. The zero-order valence-corrected chi connectivity index (χ0v) is 13.7. The average Bonchev–Trinajstić information content (AvgIpc) is 2.72. The molecule has 0 amide bonds. The summed E-state index contributed by atoms with van der Waals surface area (Å²) >= 11 is 0. The van der Waals surface area contributed by atoms with E-state index in [4.69, 9.17) is 9.47 Å². The van der Waals surface area contributed by atoms with E-state index in [1.165, 1.54) is 17.0 Å². The Balaban J connectivity index is 2.21. The summed E-state index contributed by atoms with van der Waals surface area (Å²) in [5, 5.41) is 3.49. The molecule has 114 valence electrons. The molecule has 0 bridgehead atoms. The lowest BCUT2D eigenvalue weighted by Gasteiger charge is -2.14. The van der Waals surface area contributed by atoms with Crippen LogP contribution in [0.1, 0.15) is 22.5 Å². The highest BCUT2D eigenvalue weighted by Gasteiger charge is 2.10. The van der Waals surface area contributed by atoms with Gasteiger partial charge in [0, 0.05) is 36.7 Å². The lowest BCUT2D eigenvalue weighted by molar-refractivity contribution is 0.355. The molecular formula is C17H24N2O2. The highest BCUT2D eigenvalue weighted by Crippen LogP contribution is 2.33. The van der Waals surface area contributed by atoms with E-state index >= 15 is 0 Å². The van der Waals surface area contributed by atoms with Gasteiger partial charge >= 0.3 is 0 Å². The van der Waals surface area contributed by atoms with E-state index in [0.29, 0.717) is 0 Å². The van der Waals surface area contributed by atoms with Gasteiger partial charge in [0.25, 0.3) is 0 Å². The topological polar surface area (TPSA) is 35.4 Å². The van der Waals surface area contributed by atoms with Gasteiger partial charge in [-0.1, -0.05) is 0 Å². The zero-order valence-electron chi connectivity index (χ0n) is 13.7. The first-order valence-corrected chi connectivity index (χ1v) is 7.06. The maximum absolute atomic E-state index is 5.36. The van der Waals surface area contributed by atoms with Gasteiger partial charge in [-0.25, -0.2) is 0 Å². The molecule has 0 aliphatic rings. The Labute approximate surface area is 126 Å². The van der Waals surface area contributed by atoms with Crippen molar-refractivity contribution in [3.05, 3.63) is 40.7 Å². The number of anilines is 1. The SMILES string of the molecule is COc1cc(C)c(NCc2cc(C)n(C)c2C)cc1OC. The summed E-state index contributed by atoms with van der Waals surface area (Å²) in [6, 6.07) is 6.20. The Morgan fingerprint density at radius 1 is 1.00 bits per heavy atom. The summed E-state index contributed by atoms with van der Waals surface area (Å²) < 4.78 is 12.9. The standard InChI is InChI=1S/C17H24N2O2/c1-11-7-16(20-5)17(21-6)9-15(11)18-10-14-8-12(2)19(4)13(14)3/h7-9,18H,10H2,1-6H3. The Morgan fingerprint density at radius 3 is 2.14 bits per heavy atom. The molecule has 0 aliphatic heterocycles. The number of benzene rings is 1. The van der Waals surface area contributed by atoms with Crippen molar-refractivity contribution in [1.29, 1.82) is 0 Å². The number of methoxy groups -OCH3 is 2. The first kappa shape index (κ1) is 15.3. The van der Waals surface area contributed by atoms with E-state index in [9.17, 15) is 0 Å². The fraction of sp³-hybridized carbons (Fsp3) is 0.412. The monoisotopic (exact) mass is 288 g/mol. The van der Waals surface area contributed by atoms with Crippen LogP contribution in [0, 0.1) is 20.8 Å². The number of hydrogen-bond donors (Lipinski definition) is 1. The van der Waals surface area contributed by atoms with Gasteiger partial charge in [0.05, 0.1) is 14.2 Å². The average molecular weight is 288 g/mol. The Hall–Kier alpha value is -2.10. The van der Waals surface area contributed by atoms with Crippen molar-refractivity contribution in [3.63, 3.8) is 0 Å². The van der Waals surface area contributed by atoms with Crippen molar-refractivity contribution in [2.24, 2.45) is 7.05 Å². The van der Waals surface area contributed by atoms with Crippen LogP contribution in [0.15, 0.2) is 18.2 Å². The number of hydrogen-bond acceptors (Lipinski definition) is 3. The van der Waals surface area contributed by atoms with Crippen molar-refractivity contribution in [2.45, 2.75) is 27.3 Å². The number of nitrogens with one attached hydrogen (secondary N) is 1. The summed E-state index contributed by atoms with van der Waals surface area (Å²) in [6.45, 7) is 7.13. The van der Waals surface area contributed by atoms with E-state index in [1.807, 2.05) is 12.1 Å². The van der Waals surface area contributed by atoms with Crippen molar-refractivity contribution in [1.82, 2.24) is 4.57 Å². The quantitative estimate of drug-likeness (QED) is 0.913. The molecule has 4 heteroatoms. The van der Waals surface area contributed by atoms with E-state index in [2.05, 4.69) is 43.8 Å². The maximum atomic E-state index is 5.36. The number of rotatable bonds is 5. The van der Waals surface area contributed by atoms with Gasteiger partial charge in [0.2, 0.25) is 0 Å². The van der Waals surface area contributed by atoms with E-state index in [1.54, 1.807) is 14.2 Å². The third-order valence-electron chi connectivity index (χ3n) is 4.08. The summed E-state index contributed by atoms with van der Waals surface area (Å²) in [6.07, 6.45) is 0. The second-order valence-electron chi connectivity index (χ2n) is 5.33. The Morgan fingerprint density at radius 2 is 1.62 bits per heavy atom. The van der Waals surface area contributed by atoms with Crippen LogP contribution < -0.4 is 14.8 Å². The molecule has 1 heterocycles. The minimum atomic E-state index is 0.742. The van der Waals surface area contributed by atoms with E-state index < -0.39 is 0 Å². The highest BCUT2D eigenvalue weighted by molar-refractivity contribution is 5.60. The van der Waals surface area contributed by atoms with Gasteiger partial charge in [0.15, 0.2) is 11.5 Å². The maximum Gasteiger partial charge on any atom is 0.162 e. The molecule has 0 saturated carbocycles. The zero-order chi connectivity index (χ0) is 15.6. The first-order chi connectivity index (χ1) is 9.97. The summed E-state index contributed by atoms with van der Waals surface area (Å²) in [4.78, 5) is 0. The molecule has 0 atom stereocenters. The fourth-order valence-corrected chi connectivity index (χ4v) is 2.47. The molecule has 4 nitrogen and oxygen atoms in total. The summed E-state index contributed by atoms with van der Waals surface area (Å²) in [5.74, 6) is 1.50. The number of aromatic nitrogens is 1. The third-order valence-corrected chi connectivity index (χ3v) is 4.08. The first-order valence-electron chi connectivity index (χ1n) is 7.06. The largest absolute Gasteiger partial charge is 0.493 e. The molecule has 2 rings (SSSR count). The van der Waals surface area contributed by atoms with Gasteiger partial charge in [-0.2, -0.15) is 0 Å². The minimum absolute atomic E-state index is 0.742. The predicted octanol–water partition coefficient (Wildman–Crippen LogP) is 3.58. The molecule has 0 fully saturated rings. The molecule has 0 unspecified atom stereocenters. The predicted molar refractivity (Wildman–Crippen MR) is 86.5 cm³/mol. The molecule has 0 aliphatic carbocycles. The molecule has 0 spiro atoms. The second kappa shape index (κ2) is 6.12. The summed E-state index contributed by atoms with van der Waals surface area (Å²) in [5.41, 5.74) is 6.07. The van der Waals surface area contributed by atoms with Gasteiger partial charge < -0.3 is 19.4 Å². The van der Waals surface area contributed by atoms with Crippen LogP contribution in [0.5, 0.6) is 11.5 Å². The van der Waals surface area contributed by atoms with Crippen LogP contribution in [0.3, 0.4) is 0 Å². The summed E-state index contributed by atoms with van der Waals surface area (Å²) in [7, 11) is 5.40. The lowest BCUT2D eigenvalue weighted by atomic mass is 10.1. The van der Waals surface area contributed by atoms with Gasteiger partial charge in [-0.15, -0.1) is 0 Å². The fourth-order valence-electron chi connectivity index (χ4n) is 2.47. The lowest BCUT2D eigenvalue weighted by Crippen LogP contribution is -2.03. The van der Waals surface area contributed by atoms with Crippen molar-refractivity contribution in [3.8, 4) is 11.5 Å². The normalized spacial score (nSPS) is 10.6. The van der Waals surface area contributed by atoms with Crippen LogP contribution in [0.2, 0.25) is 0 Å². The van der Waals surface area contributed by atoms with Crippen molar-refractivity contribution >= 4 is 5.69 Å². The minimum Gasteiger partial charge on any atom is -0.493 e. The molecule has 1 aromatic carbocycles. The van der Waals surface area contributed by atoms with Gasteiger partial charge in [-0.05, 0) is 44.0 Å². The molecule has 0 saturated heterocycles. The van der Waals surface area contributed by atoms with Crippen LogP contribution in [0.25, 0.3) is 0 Å². The molecule has 1 N–H and O–H groups in total. The van der Waals surface area contributed by atoms with Gasteiger partial charge in [-0.3, -0.25) is 0 Å². The number of aryl methyl sites for hydroxylation is 2.